The molecule has 0 saturated carbocycles. The highest BCUT2D eigenvalue weighted by Crippen LogP contribution is 2.27. The molecular formula is C25H27N5O4. The SMILES string of the molecule is COc1ccc(C(=O)N2CCN(C(=O)c3nnn4c3CO[C@H](c3ccccc3)C4)CC2)c(C)c1. The van der Waals surface area contributed by atoms with E-state index >= 15 is 0 Å². The topological polar surface area (TPSA) is 89.8 Å². The zero-order chi connectivity index (χ0) is 23.7. The normalized spacial score (nSPS) is 17.9. The van der Waals surface area contributed by atoms with Gasteiger partial charge in [-0.05, 0) is 36.2 Å². The Balaban J connectivity index is 1.22. The minimum atomic E-state index is -0.171. The minimum absolute atomic E-state index is 0.0337. The summed E-state index contributed by atoms with van der Waals surface area (Å²) in [7, 11) is 1.60. The van der Waals surface area contributed by atoms with E-state index in [0.717, 1.165) is 16.9 Å². The predicted molar refractivity (Wildman–Crippen MR) is 124 cm³/mol. The van der Waals surface area contributed by atoms with E-state index < -0.39 is 0 Å². The second kappa shape index (κ2) is 9.26. The molecule has 0 radical (unpaired) electrons. The van der Waals surface area contributed by atoms with Gasteiger partial charge in [0.05, 0.1) is 26.0 Å². The second-order valence-electron chi connectivity index (χ2n) is 8.54. The van der Waals surface area contributed by atoms with Crippen molar-refractivity contribution in [3.63, 3.8) is 0 Å². The molecule has 9 nitrogen and oxygen atoms in total. The summed E-state index contributed by atoms with van der Waals surface area (Å²) in [4.78, 5) is 29.7. The molecule has 9 heteroatoms. The zero-order valence-electron chi connectivity index (χ0n) is 19.3. The van der Waals surface area contributed by atoms with Gasteiger partial charge in [-0.25, -0.2) is 4.68 Å². The van der Waals surface area contributed by atoms with Crippen molar-refractivity contribution >= 4 is 11.8 Å². The van der Waals surface area contributed by atoms with Gasteiger partial charge in [0.25, 0.3) is 11.8 Å². The van der Waals surface area contributed by atoms with Gasteiger partial charge in [0.15, 0.2) is 5.69 Å². The van der Waals surface area contributed by atoms with E-state index in [1.54, 1.807) is 33.7 Å². The lowest BCUT2D eigenvalue weighted by molar-refractivity contribution is -0.00202. The van der Waals surface area contributed by atoms with Gasteiger partial charge in [-0.3, -0.25) is 9.59 Å². The molecule has 1 saturated heterocycles. The first-order valence-corrected chi connectivity index (χ1v) is 11.4. The first-order valence-electron chi connectivity index (χ1n) is 11.4. The van der Waals surface area contributed by atoms with E-state index in [1.165, 1.54) is 0 Å². The molecule has 0 bridgehead atoms. The monoisotopic (exact) mass is 461 g/mol. The summed E-state index contributed by atoms with van der Waals surface area (Å²) in [5, 5.41) is 8.40. The van der Waals surface area contributed by atoms with Crippen LogP contribution in [0.1, 0.15) is 43.8 Å². The van der Waals surface area contributed by atoms with Crippen LogP contribution in [0.4, 0.5) is 0 Å². The highest BCUT2D eigenvalue weighted by molar-refractivity contribution is 5.96. The molecule has 2 aliphatic heterocycles. The van der Waals surface area contributed by atoms with Crippen LogP contribution in [-0.4, -0.2) is 69.9 Å². The smallest absolute Gasteiger partial charge is 0.276 e. The van der Waals surface area contributed by atoms with E-state index in [-0.39, 0.29) is 24.5 Å². The third-order valence-corrected chi connectivity index (χ3v) is 6.49. The Labute approximate surface area is 197 Å². The number of benzene rings is 2. The number of piperazine rings is 1. The molecule has 0 aliphatic carbocycles. The molecule has 3 heterocycles. The number of hydrogen-bond donors (Lipinski definition) is 0. The Morgan fingerprint density at radius 2 is 1.71 bits per heavy atom. The van der Waals surface area contributed by atoms with Crippen LogP contribution in [0.25, 0.3) is 0 Å². The van der Waals surface area contributed by atoms with Crippen molar-refractivity contribution in [1.29, 1.82) is 0 Å². The van der Waals surface area contributed by atoms with Crippen molar-refractivity contribution in [3.8, 4) is 5.75 Å². The third-order valence-electron chi connectivity index (χ3n) is 6.49. The van der Waals surface area contributed by atoms with Crippen molar-refractivity contribution in [3.05, 3.63) is 76.6 Å². The van der Waals surface area contributed by atoms with Crippen LogP contribution in [0.5, 0.6) is 5.75 Å². The van der Waals surface area contributed by atoms with Gasteiger partial charge < -0.3 is 19.3 Å². The third kappa shape index (κ3) is 4.14. The molecule has 1 aromatic heterocycles. The number of carbonyl (C=O) groups excluding carboxylic acids is 2. The quantitative estimate of drug-likeness (QED) is 0.593. The van der Waals surface area contributed by atoms with Gasteiger partial charge in [-0.15, -0.1) is 5.10 Å². The van der Waals surface area contributed by atoms with Crippen molar-refractivity contribution in [2.45, 2.75) is 26.2 Å². The molecule has 0 unspecified atom stereocenters. The highest BCUT2D eigenvalue weighted by atomic mass is 16.5. The molecule has 0 N–H and O–H groups in total. The molecule has 0 spiro atoms. The minimum Gasteiger partial charge on any atom is -0.497 e. The number of rotatable bonds is 4. The molecule has 34 heavy (non-hydrogen) atoms. The number of ether oxygens (including phenoxy) is 2. The lowest BCUT2D eigenvalue weighted by Gasteiger charge is -2.35. The van der Waals surface area contributed by atoms with Crippen LogP contribution < -0.4 is 4.74 Å². The zero-order valence-corrected chi connectivity index (χ0v) is 19.3. The average Bonchev–Trinajstić information content (AvgIpc) is 3.31. The standard InChI is InChI=1S/C25H27N5O4/c1-17-14-19(33-2)8-9-20(17)24(31)28-10-12-29(13-11-28)25(32)23-21-16-34-22(15-30(21)27-26-23)18-6-4-3-5-7-18/h3-9,14,22H,10-13,15-16H2,1-2H3/t22-/m0/s1. The largest absolute Gasteiger partial charge is 0.497 e. The lowest BCUT2D eigenvalue weighted by Crippen LogP contribution is -2.51. The summed E-state index contributed by atoms with van der Waals surface area (Å²) in [5.74, 6) is 0.518. The number of fused-ring (bicyclic) bond motifs is 1. The van der Waals surface area contributed by atoms with Crippen LogP contribution in [0.2, 0.25) is 0 Å². The number of nitrogens with zero attached hydrogens (tertiary/aromatic N) is 5. The number of carbonyl (C=O) groups is 2. The summed E-state index contributed by atoms with van der Waals surface area (Å²) in [6, 6.07) is 15.4. The highest BCUT2D eigenvalue weighted by Gasteiger charge is 2.32. The van der Waals surface area contributed by atoms with Crippen molar-refractivity contribution in [2.24, 2.45) is 0 Å². The number of aromatic nitrogens is 3. The van der Waals surface area contributed by atoms with Gasteiger partial charge >= 0.3 is 0 Å². The Bertz CT molecular complexity index is 1200. The summed E-state index contributed by atoms with van der Waals surface area (Å²) in [5.41, 5.74) is 3.62. The fraction of sp³-hybridized carbons (Fsp3) is 0.360. The molecule has 1 atom stereocenters. The first-order chi connectivity index (χ1) is 16.5. The second-order valence-corrected chi connectivity index (χ2v) is 8.54. The summed E-state index contributed by atoms with van der Waals surface area (Å²) in [6.07, 6.45) is -0.116. The Morgan fingerprint density at radius 3 is 2.38 bits per heavy atom. The van der Waals surface area contributed by atoms with Gasteiger partial charge in [0, 0.05) is 31.7 Å². The van der Waals surface area contributed by atoms with Crippen LogP contribution >= 0.6 is 0 Å². The van der Waals surface area contributed by atoms with E-state index in [9.17, 15) is 9.59 Å². The Hall–Kier alpha value is -3.72. The van der Waals surface area contributed by atoms with Crippen molar-refractivity contribution in [2.75, 3.05) is 33.3 Å². The van der Waals surface area contributed by atoms with Crippen LogP contribution in [-0.2, 0) is 17.9 Å². The number of aryl methyl sites for hydroxylation is 1. The number of methoxy groups -OCH3 is 1. The average molecular weight is 462 g/mol. The maximum absolute atomic E-state index is 13.2. The molecule has 176 valence electrons. The Kier molecular flexibility index (Phi) is 6.02. The molecule has 2 aliphatic rings. The summed E-state index contributed by atoms with van der Waals surface area (Å²) >= 11 is 0. The van der Waals surface area contributed by atoms with Crippen molar-refractivity contribution in [1.82, 2.24) is 24.8 Å². The predicted octanol–water partition coefficient (Wildman–Crippen LogP) is 2.46. The molecule has 2 aromatic carbocycles. The number of hydrogen-bond acceptors (Lipinski definition) is 6. The number of amides is 2. The van der Waals surface area contributed by atoms with Gasteiger partial charge in [0.2, 0.25) is 0 Å². The van der Waals surface area contributed by atoms with Crippen molar-refractivity contribution < 1.29 is 19.1 Å². The summed E-state index contributed by atoms with van der Waals surface area (Å²) in [6.45, 7) is 4.51. The Morgan fingerprint density at radius 1 is 1.00 bits per heavy atom. The van der Waals surface area contributed by atoms with Crippen LogP contribution in [0, 0.1) is 6.92 Å². The van der Waals surface area contributed by atoms with E-state index in [1.807, 2.05) is 43.3 Å². The first kappa shape index (κ1) is 22.1. The van der Waals surface area contributed by atoms with E-state index in [4.69, 9.17) is 9.47 Å². The van der Waals surface area contributed by atoms with E-state index in [2.05, 4.69) is 10.3 Å². The molecule has 5 rings (SSSR count). The summed E-state index contributed by atoms with van der Waals surface area (Å²) < 4.78 is 13.0. The van der Waals surface area contributed by atoms with Gasteiger partial charge in [-0.1, -0.05) is 35.5 Å². The van der Waals surface area contributed by atoms with Gasteiger partial charge in [0.1, 0.15) is 11.9 Å². The maximum Gasteiger partial charge on any atom is 0.276 e. The fourth-order valence-corrected chi connectivity index (χ4v) is 4.48. The van der Waals surface area contributed by atoms with Crippen LogP contribution in [0.15, 0.2) is 48.5 Å². The van der Waals surface area contributed by atoms with Crippen LogP contribution in [0.3, 0.4) is 0 Å². The van der Waals surface area contributed by atoms with Gasteiger partial charge in [-0.2, -0.15) is 0 Å². The molecule has 1 fully saturated rings. The molecule has 3 aromatic rings. The molecule has 2 amide bonds. The lowest BCUT2D eigenvalue weighted by atomic mass is 10.1. The fourth-order valence-electron chi connectivity index (χ4n) is 4.48. The van der Waals surface area contributed by atoms with E-state index in [0.29, 0.717) is 49.7 Å². The molecular weight excluding hydrogens is 434 g/mol. The maximum atomic E-state index is 13.2.